The number of hydrogen-bond acceptors (Lipinski definition) is 2. The molecular formula is C9H15Cl3O2Si2. The van der Waals surface area contributed by atoms with Crippen LogP contribution in [0.25, 0.3) is 0 Å². The topological polar surface area (TPSA) is 18.5 Å². The summed E-state index contributed by atoms with van der Waals surface area (Å²) < 4.78 is 10.4. The maximum absolute atomic E-state index is 5.20. The molecule has 1 aromatic rings. The van der Waals surface area contributed by atoms with E-state index in [1.807, 2.05) is 30.3 Å². The molecule has 1 rings (SSSR count). The van der Waals surface area contributed by atoms with Gasteiger partial charge >= 0.3 is 15.3 Å². The molecule has 0 aromatic heterocycles. The third-order valence-electron chi connectivity index (χ3n) is 1.50. The van der Waals surface area contributed by atoms with Crippen molar-refractivity contribution in [2.24, 2.45) is 0 Å². The van der Waals surface area contributed by atoms with Gasteiger partial charge in [0.15, 0.2) is 0 Å². The second kappa shape index (κ2) is 8.52. The first-order valence-electron chi connectivity index (χ1n) is 4.55. The molecule has 0 aliphatic heterocycles. The van der Waals surface area contributed by atoms with Gasteiger partial charge < -0.3 is 8.85 Å². The summed E-state index contributed by atoms with van der Waals surface area (Å²) in [5, 5.41) is 1.18. The van der Waals surface area contributed by atoms with Crippen molar-refractivity contribution in [3.05, 3.63) is 30.3 Å². The van der Waals surface area contributed by atoms with Gasteiger partial charge in [-0.15, -0.1) is 33.2 Å². The molecule has 0 saturated heterocycles. The highest BCUT2D eigenvalue weighted by Crippen LogP contribution is 2.17. The summed E-state index contributed by atoms with van der Waals surface area (Å²) in [7, 11) is 1.83. The van der Waals surface area contributed by atoms with Crippen LogP contribution >= 0.6 is 33.2 Å². The first kappa shape index (κ1) is 16.4. The summed E-state index contributed by atoms with van der Waals surface area (Å²) in [6.07, 6.45) is 0. The van der Waals surface area contributed by atoms with Gasteiger partial charge in [-0.3, -0.25) is 0 Å². The molecule has 0 saturated carbocycles. The molecule has 0 fully saturated rings. The fourth-order valence-corrected chi connectivity index (χ4v) is 2.25. The van der Waals surface area contributed by atoms with Gasteiger partial charge in [0.2, 0.25) is 0 Å². The fraction of sp³-hybridized carbons (Fsp3) is 0.333. The number of rotatable bonds is 3. The van der Waals surface area contributed by atoms with Gasteiger partial charge in [-0.1, -0.05) is 30.3 Å². The first-order chi connectivity index (χ1) is 7.38. The van der Waals surface area contributed by atoms with Gasteiger partial charge in [0.05, 0.1) is 0 Å². The van der Waals surface area contributed by atoms with Crippen LogP contribution < -0.4 is 5.19 Å². The third-order valence-corrected chi connectivity index (χ3v) is 3.29. The molecule has 0 heterocycles. The van der Waals surface area contributed by atoms with Crippen LogP contribution in [-0.2, 0) is 8.85 Å². The average Bonchev–Trinajstić information content (AvgIpc) is 2.19. The monoisotopic (exact) mass is 316 g/mol. The van der Waals surface area contributed by atoms with Crippen LogP contribution in [0.1, 0.15) is 0 Å². The Bertz CT molecular complexity index is 270. The summed E-state index contributed by atoms with van der Waals surface area (Å²) in [4.78, 5) is 0. The zero-order valence-corrected chi connectivity index (χ0v) is 13.8. The predicted octanol–water partition coefficient (Wildman–Crippen LogP) is 2.68. The van der Waals surface area contributed by atoms with Crippen LogP contribution in [0.15, 0.2) is 30.3 Å². The predicted molar refractivity (Wildman–Crippen MR) is 76.4 cm³/mol. The summed E-state index contributed by atoms with van der Waals surface area (Å²) in [5.41, 5.74) is 0. The molecule has 0 N–H and O–H groups in total. The van der Waals surface area contributed by atoms with Crippen LogP contribution in [0.2, 0.25) is 6.55 Å². The van der Waals surface area contributed by atoms with Crippen LogP contribution in [0.5, 0.6) is 0 Å². The minimum atomic E-state index is -2.19. The molecule has 0 aliphatic rings. The van der Waals surface area contributed by atoms with Gasteiger partial charge in [-0.2, -0.15) is 0 Å². The van der Waals surface area contributed by atoms with E-state index in [0.29, 0.717) is 0 Å². The first-order valence-corrected chi connectivity index (χ1v) is 11.6. The molecule has 0 bridgehead atoms. The Balaban J connectivity index is 0.000000385. The van der Waals surface area contributed by atoms with E-state index in [1.165, 1.54) is 5.19 Å². The van der Waals surface area contributed by atoms with E-state index in [1.54, 1.807) is 20.8 Å². The van der Waals surface area contributed by atoms with E-state index in [0.717, 1.165) is 0 Å². The molecule has 1 aromatic carbocycles. The van der Waals surface area contributed by atoms with E-state index in [-0.39, 0.29) is 0 Å². The Morgan fingerprint density at radius 1 is 1.00 bits per heavy atom. The Morgan fingerprint density at radius 2 is 1.38 bits per heavy atom. The molecule has 92 valence electrons. The maximum Gasteiger partial charge on any atom is 0.355 e. The summed E-state index contributed by atoms with van der Waals surface area (Å²) in [5.74, 6) is 0. The van der Waals surface area contributed by atoms with Crippen LogP contribution in [-0.4, -0.2) is 29.5 Å². The number of hydrogen-bond donors (Lipinski definition) is 0. The van der Waals surface area contributed by atoms with Gasteiger partial charge in [0.1, 0.15) is 0 Å². The highest BCUT2D eigenvalue weighted by molar-refractivity contribution is 7.64. The molecule has 0 atom stereocenters. The minimum Gasteiger partial charge on any atom is -0.397 e. The molecule has 2 nitrogen and oxygen atoms in total. The van der Waals surface area contributed by atoms with Crippen molar-refractivity contribution in [3.63, 3.8) is 0 Å². The van der Waals surface area contributed by atoms with Crippen molar-refractivity contribution in [1.82, 2.24) is 0 Å². The van der Waals surface area contributed by atoms with E-state index < -0.39 is 15.3 Å². The van der Waals surface area contributed by atoms with E-state index in [9.17, 15) is 0 Å². The largest absolute Gasteiger partial charge is 0.397 e. The Hall–Kier alpha value is 0.444. The van der Waals surface area contributed by atoms with Crippen molar-refractivity contribution in [2.45, 2.75) is 6.55 Å². The Morgan fingerprint density at radius 3 is 1.69 bits per heavy atom. The zero-order valence-electron chi connectivity index (χ0n) is 9.41. The molecule has 0 unspecified atom stereocenters. The maximum atomic E-state index is 5.20. The van der Waals surface area contributed by atoms with Crippen molar-refractivity contribution in [3.8, 4) is 0 Å². The molecule has 0 spiro atoms. The van der Waals surface area contributed by atoms with Gasteiger partial charge in [-0.05, 0) is 11.7 Å². The van der Waals surface area contributed by atoms with Crippen LogP contribution in [0.3, 0.4) is 0 Å². The highest BCUT2D eigenvalue weighted by Gasteiger charge is 2.13. The smallest absolute Gasteiger partial charge is 0.355 e. The molecule has 7 heteroatoms. The molecular weight excluding hydrogens is 303 g/mol. The second-order valence-corrected chi connectivity index (χ2v) is 15.4. The SMILES string of the molecule is CO[SiH](OC)c1ccccc1.C[Si](Cl)(Cl)Cl. The fourth-order valence-electron chi connectivity index (χ4n) is 0.979. The van der Waals surface area contributed by atoms with Crippen molar-refractivity contribution in [2.75, 3.05) is 14.2 Å². The van der Waals surface area contributed by atoms with Crippen LogP contribution in [0.4, 0.5) is 0 Å². The standard InChI is InChI=1S/C8H12O2Si.CH3Cl3Si/c1-9-11(10-2)8-6-4-3-5-7-8;1-5(2,3)4/h3-7,11H,1-2H3;1H3. The molecule has 0 radical (unpaired) electrons. The lowest BCUT2D eigenvalue weighted by Gasteiger charge is -2.09. The van der Waals surface area contributed by atoms with Crippen molar-refractivity contribution in [1.29, 1.82) is 0 Å². The third kappa shape index (κ3) is 9.65. The number of benzene rings is 1. The lowest BCUT2D eigenvalue weighted by atomic mass is 10.4. The summed E-state index contributed by atoms with van der Waals surface area (Å²) in [6.45, 7) is 1.62. The van der Waals surface area contributed by atoms with Crippen molar-refractivity contribution >= 4 is 53.7 Å². The van der Waals surface area contributed by atoms with Gasteiger partial charge in [0, 0.05) is 14.2 Å². The van der Waals surface area contributed by atoms with Crippen LogP contribution in [0, 0.1) is 0 Å². The molecule has 0 amide bonds. The average molecular weight is 318 g/mol. The van der Waals surface area contributed by atoms with E-state index >= 15 is 0 Å². The lowest BCUT2D eigenvalue weighted by molar-refractivity contribution is 0.292. The quantitative estimate of drug-likeness (QED) is 0.630. The summed E-state index contributed by atoms with van der Waals surface area (Å²) in [6, 6.07) is 7.84. The van der Waals surface area contributed by atoms with Gasteiger partial charge in [-0.25, -0.2) is 0 Å². The highest BCUT2D eigenvalue weighted by atomic mass is 35.8. The van der Waals surface area contributed by atoms with Crippen molar-refractivity contribution < 1.29 is 8.85 Å². The summed E-state index contributed by atoms with van der Waals surface area (Å²) >= 11 is 15.6. The van der Waals surface area contributed by atoms with E-state index in [4.69, 9.17) is 42.1 Å². The molecule has 0 aliphatic carbocycles. The minimum absolute atomic E-state index is 1.18. The Labute approximate surface area is 113 Å². The normalized spacial score (nSPS) is 10.9. The second-order valence-electron chi connectivity index (χ2n) is 3.00. The van der Waals surface area contributed by atoms with Gasteiger partial charge in [0.25, 0.3) is 0 Å². The lowest BCUT2D eigenvalue weighted by Crippen LogP contribution is -2.34. The van der Waals surface area contributed by atoms with E-state index in [2.05, 4.69) is 0 Å². The Kier molecular flexibility index (Phi) is 8.76. The number of halogens is 3. The zero-order chi connectivity index (χ0) is 12.6. The molecule has 16 heavy (non-hydrogen) atoms.